The van der Waals surface area contributed by atoms with Crippen LogP contribution in [0.25, 0.3) is 0 Å². The smallest absolute Gasteiger partial charge is 0.334 e. The van der Waals surface area contributed by atoms with E-state index in [2.05, 4.69) is 0 Å². The van der Waals surface area contributed by atoms with Crippen molar-refractivity contribution >= 4 is 17.6 Å². The third-order valence-corrected chi connectivity index (χ3v) is 3.54. The predicted molar refractivity (Wildman–Crippen MR) is 75.8 cm³/mol. The molecule has 1 N–H and O–H groups in total. The van der Waals surface area contributed by atoms with Gasteiger partial charge in [-0.1, -0.05) is 13.0 Å². The van der Waals surface area contributed by atoms with Crippen LogP contribution in [-0.4, -0.2) is 52.6 Å². The Labute approximate surface area is 126 Å². The van der Waals surface area contributed by atoms with Crippen molar-refractivity contribution in [1.82, 2.24) is 4.90 Å². The van der Waals surface area contributed by atoms with Crippen molar-refractivity contribution in [3.8, 4) is 0 Å². The largest absolute Gasteiger partial charge is 0.479 e. The van der Waals surface area contributed by atoms with E-state index in [1.807, 2.05) is 0 Å². The van der Waals surface area contributed by atoms with Gasteiger partial charge in [0, 0.05) is 23.7 Å². The van der Waals surface area contributed by atoms with Gasteiger partial charge in [-0.05, 0) is 12.5 Å². The molecule has 0 bridgehead atoms. The number of morpholine rings is 1. The molecule has 8 nitrogen and oxygen atoms in total. The number of rotatable bonds is 4. The van der Waals surface area contributed by atoms with Crippen molar-refractivity contribution in [3.63, 3.8) is 0 Å². The minimum atomic E-state index is -1.13. The standard InChI is InChI=1S/C14H16N2O6/c1-2-9-3-4-10(7-11(9)16(20)21)13(17)15-5-6-22-12(8-15)14(18)19/h3-4,7,12H,2,5-6,8H2,1H3,(H,18,19). The Hall–Kier alpha value is -2.48. The molecule has 118 valence electrons. The van der Waals surface area contributed by atoms with Crippen LogP contribution in [0.5, 0.6) is 0 Å². The first kappa shape index (κ1) is 15.9. The fourth-order valence-electron chi connectivity index (χ4n) is 2.33. The summed E-state index contributed by atoms with van der Waals surface area (Å²) in [6, 6.07) is 4.33. The zero-order valence-electron chi connectivity index (χ0n) is 12.0. The van der Waals surface area contributed by atoms with Gasteiger partial charge in [0.15, 0.2) is 6.10 Å². The summed E-state index contributed by atoms with van der Waals surface area (Å²) in [5.41, 5.74) is 0.623. The molecule has 1 fully saturated rings. The van der Waals surface area contributed by atoms with E-state index >= 15 is 0 Å². The number of nitrogens with zero attached hydrogens (tertiary/aromatic N) is 2. The molecule has 0 radical (unpaired) electrons. The van der Waals surface area contributed by atoms with E-state index in [1.165, 1.54) is 17.0 Å². The van der Waals surface area contributed by atoms with Gasteiger partial charge in [-0.25, -0.2) is 4.79 Å². The van der Waals surface area contributed by atoms with Gasteiger partial charge >= 0.3 is 5.97 Å². The van der Waals surface area contributed by atoms with E-state index in [0.29, 0.717) is 12.0 Å². The minimum absolute atomic E-state index is 0.0719. The molecule has 1 saturated heterocycles. The molecule has 1 aliphatic rings. The first-order chi connectivity index (χ1) is 10.4. The summed E-state index contributed by atoms with van der Waals surface area (Å²) in [7, 11) is 0. The Morgan fingerprint density at radius 2 is 2.23 bits per heavy atom. The minimum Gasteiger partial charge on any atom is -0.479 e. The number of aliphatic carboxylic acids is 1. The lowest BCUT2D eigenvalue weighted by molar-refractivity contribution is -0.385. The summed E-state index contributed by atoms with van der Waals surface area (Å²) in [5.74, 6) is -1.56. The maximum Gasteiger partial charge on any atom is 0.334 e. The maximum absolute atomic E-state index is 12.4. The average molecular weight is 308 g/mol. The first-order valence-electron chi connectivity index (χ1n) is 6.85. The number of carbonyl (C=O) groups is 2. The molecule has 0 spiro atoms. The Bertz CT molecular complexity index is 615. The van der Waals surface area contributed by atoms with Crippen LogP contribution in [0.1, 0.15) is 22.8 Å². The van der Waals surface area contributed by atoms with Gasteiger partial charge in [0.05, 0.1) is 18.1 Å². The molecule has 2 rings (SSSR count). The lowest BCUT2D eigenvalue weighted by Crippen LogP contribution is -2.48. The zero-order valence-corrected chi connectivity index (χ0v) is 12.0. The molecule has 8 heteroatoms. The number of aryl methyl sites for hydroxylation is 1. The maximum atomic E-state index is 12.4. The summed E-state index contributed by atoms with van der Waals surface area (Å²) in [6.07, 6.45) is -0.578. The van der Waals surface area contributed by atoms with Crippen LogP contribution in [-0.2, 0) is 16.0 Å². The van der Waals surface area contributed by atoms with E-state index < -0.39 is 22.9 Å². The Balaban J connectivity index is 2.24. The molecule has 0 aliphatic carbocycles. The van der Waals surface area contributed by atoms with Crippen molar-refractivity contribution in [2.24, 2.45) is 0 Å². The lowest BCUT2D eigenvalue weighted by atomic mass is 10.1. The van der Waals surface area contributed by atoms with Crippen LogP contribution in [0, 0.1) is 10.1 Å². The molecule has 22 heavy (non-hydrogen) atoms. The molecular weight excluding hydrogens is 292 g/mol. The van der Waals surface area contributed by atoms with Crippen molar-refractivity contribution in [2.45, 2.75) is 19.4 Å². The number of nitro groups is 1. The first-order valence-corrected chi connectivity index (χ1v) is 6.85. The van der Waals surface area contributed by atoms with E-state index in [9.17, 15) is 19.7 Å². The highest BCUT2D eigenvalue weighted by atomic mass is 16.6. The summed E-state index contributed by atoms with van der Waals surface area (Å²) in [5, 5.41) is 20.0. The summed E-state index contributed by atoms with van der Waals surface area (Å²) < 4.78 is 5.05. The third-order valence-electron chi connectivity index (χ3n) is 3.54. The highest BCUT2D eigenvalue weighted by Gasteiger charge is 2.30. The molecule has 1 amide bonds. The lowest BCUT2D eigenvalue weighted by Gasteiger charge is -2.30. The Kier molecular flexibility index (Phi) is 4.71. The molecule has 1 heterocycles. The van der Waals surface area contributed by atoms with E-state index in [1.54, 1.807) is 13.0 Å². The second-order valence-electron chi connectivity index (χ2n) is 4.90. The summed E-state index contributed by atoms with van der Waals surface area (Å²) >= 11 is 0. The quantitative estimate of drug-likeness (QED) is 0.658. The van der Waals surface area contributed by atoms with E-state index in [-0.39, 0.29) is 30.9 Å². The van der Waals surface area contributed by atoms with Crippen LogP contribution in [0.2, 0.25) is 0 Å². The predicted octanol–water partition coefficient (Wildman–Crippen LogP) is 1.08. The molecule has 0 aromatic heterocycles. The van der Waals surface area contributed by atoms with Gasteiger partial charge < -0.3 is 14.7 Å². The highest BCUT2D eigenvalue weighted by molar-refractivity contribution is 5.95. The molecule has 1 unspecified atom stereocenters. The Morgan fingerprint density at radius 1 is 1.50 bits per heavy atom. The number of nitro benzene ring substituents is 1. The van der Waals surface area contributed by atoms with Crippen molar-refractivity contribution in [1.29, 1.82) is 0 Å². The summed E-state index contributed by atoms with van der Waals surface area (Å²) in [4.78, 5) is 35.2. The van der Waals surface area contributed by atoms with Crippen molar-refractivity contribution < 1.29 is 24.4 Å². The number of carboxylic acids is 1. The number of ether oxygens (including phenoxy) is 1. The number of amides is 1. The molecule has 1 aromatic rings. The fourth-order valence-corrected chi connectivity index (χ4v) is 2.33. The highest BCUT2D eigenvalue weighted by Crippen LogP contribution is 2.22. The van der Waals surface area contributed by atoms with Crippen molar-refractivity contribution in [2.75, 3.05) is 19.7 Å². The normalized spacial score (nSPS) is 18.0. The van der Waals surface area contributed by atoms with E-state index in [0.717, 1.165) is 0 Å². The molecule has 1 atom stereocenters. The fraction of sp³-hybridized carbons (Fsp3) is 0.429. The van der Waals surface area contributed by atoms with Gasteiger partial charge in [-0.2, -0.15) is 0 Å². The van der Waals surface area contributed by atoms with Gasteiger partial charge in [-0.15, -0.1) is 0 Å². The van der Waals surface area contributed by atoms with Crippen LogP contribution >= 0.6 is 0 Å². The van der Waals surface area contributed by atoms with Crippen LogP contribution < -0.4 is 0 Å². The number of carbonyl (C=O) groups excluding carboxylic acids is 1. The number of hydrogen-bond donors (Lipinski definition) is 1. The molecule has 0 saturated carbocycles. The third kappa shape index (κ3) is 3.22. The summed E-state index contributed by atoms with van der Waals surface area (Å²) in [6.45, 7) is 2.10. The second kappa shape index (κ2) is 6.52. The number of hydrogen-bond acceptors (Lipinski definition) is 5. The Morgan fingerprint density at radius 3 is 2.82 bits per heavy atom. The van der Waals surface area contributed by atoms with Crippen LogP contribution in [0.4, 0.5) is 5.69 Å². The van der Waals surface area contributed by atoms with Crippen LogP contribution in [0.15, 0.2) is 18.2 Å². The SMILES string of the molecule is CCc1ccc(C(=O)N2CCOC(C(=O)O)C2)cc1[N+](=O)[O-]. The topological polar surface area (TPSA) is 110 Å². The van der Waals surface area contributed by atoms with Gasteiger partial charge in [-0.3, -0.25) is 14.9 Å². The van der Waals surface area contributed by atoms with Gasteiger partial charge in [0.1, 0.15) is 0 Å². The molecule has 1 aliphatic heterocycles. The van der Waals surface area contributed by atoms with Crippen molar-refractivity contribution in [3.05, 3.63) is 39.4 Å². The van der Waals surface area contributed by atoms with Crippen LogP contribution in [0.3, 0.4) is 0 Å². The molecular formula is C14H16N2O6. The van der Waals surface area contributed by atoms with Gasteiger partial charge in [0.2, 0.25) is 0 Å². The number of carboxylic acid groups (broad SMARTS) is 1. The van der Waals surface area contributed by atoms with E-state index in [4.69, 9.17) is 9.84 Å². The molecule has 1 aromatic carbocycles. The second-order valence-corrected chi connectivity index (χ2v) is 4.90. The number of benzene rings is 1. The monoisotopic (exact) mass is 308 g/mol. The average Bonchev–Trinajstić information content (AvgIpc) is 2.53. The zero-order chi connectivity index (χ0) is 16.3. The van der Waals surface area contributed by atoms with Gasteiger partial charge in [0.25, 0.3) is 11.6 Å².